The average Bonchev–Trinajstić information content (AvgIpc) is 2.69. The summed E-state index contributed by atoms with van der Waals surface area (Å²) in [4.78, 5) is 13.8. The molecule has 0 N–H and O–H groups in total. The molecule has 1 atom stereocenters. The Morgan fingerprint density at radius 1 is 0.966 bits per heavy atom. The van der Waals surface area contributed by atoms with E-state index in [0.717, 1.165) is 0 Å². The third-order valence-electron chi connectivity index (χ3n) is 5.16. The number of alkyl halides is 3. The molecule has 0 saturated carbocycles. The summed E-state index contributed by atoms with van der Waals surface area (Å²) in [7, 11) is 2.98. The molecule has 0 aliphatic heterocycles. The summed E-state index contributed by atoms with van der Waals surface area (Å²) in [6.45, 7) is 1.86. The second-order valence-corrected chi connectivity index (χ2v) is 7.48. The van der Waals surface area contributed by atoms with E-state index in [1.165, 1.54) is 19.0 Å². The van der Waals surface area contributed by atoms with Gasteiger partial charge in [0, 0.05) is 20.5 Å². The monoisotopic (exact) mass is 403 g/mol. The molecule has 0 radical (unpaired) electrons. The van der Waals surface area contributed by atoms with Gasteiger partial charge in [-0.25, -0.2) is 0 Å². The van der Waals surface area contributed by atoms with E-state index in [1.807, 2.05) is 13.0 Å². The lowest BCUT2D eigenvalue weighted by molar-refractivity contribution is -0.208. The topological polar surface area (TPSA) is 20.3 Å². The fraction of sp³-hybridized carbons (Fsp3) is 0.375. The molecular formula is C24H28F3NO. The Morgan fingerprint density at radius 3 is 2.00 bits per heavy atom. The fourth-order valence-electron chi connectivity index (χ4n) is 3.44. The second kappa shape index (κ2) is 9.77. The number of benzene rings is 2. The van der Waals surface area contributed by atoms with Crippen molar-refractivity contribution in [3.63, 3.8) is 0 Å². The molecule has 0 aromatic heterocycles. The summed E-state index contributed by atoms with van der Waals surface area (Å²) >= 11 is 0. The van der Waals surface area contributed by atoms with Crippen molar-refractivity contribution < 1.29 is 18.0 Å². The number of unbranched alkanes of at least 4 members (excludes halogenated alkanes) is 1. The van der Waals surface area contributed by atoms with Crippen molar-refractivity contribution in [1.29, 1.82) is 0 Å². The first kappa shape index (κ1) is 22.7. The minimum Gasteiger partial charge on any atom is -0.349 e. The third kappa shape index (κ3) is 5.49. The molecule has 156 valence electrons. The number of nitrogens with zero attached hydrogens (tertiary/aromatic N) is 1. The van der Waals surface area contributed by atoms with Crippen LogP contribution >= 0.6 is 0 Å². The van der Waals surface area contributed by atoms with Crippen LogP contribution in [0.5, 0.6) is 0 Å². The molecule has 2 rings (SSSR count). The van der Waals surface area contributed by atoms with Gasteiger partial charge < -0.3 is 4.90 Å². The molecule has 0 aliphatic carbocycles. The normalized spacial score (nSPS) is 14.3. The van der Waals surface area contributed by atoms with Crippen LogP contribution in [-0.2, 0) is 4.79 Å². The molecule has 0 spiro atoms. The molecular weight excluding hydrogens is 375 g/mol. The van der Waals surface area contributed by atoms with E-state index >= 15 is 0 Å². The van der Waals surface area contributed by atoms with Crippen LogP contribution in [0.25, 0.3) is 11.6 Å². The molecule has 0 heterocycles. The van der Waals surface area contributed by atoms with Crippen LogP contribution in [0, 0.1) is 5.41 Å². The Balaban J connectivity index is 2.77. The highest BCUT2D eigenvalue weighted by molar-refractivity contribution is 5.89. The number of carbonyl (C=O) groups excluding carboxylic acids is 1. The van der Waals surface area contributed by atoms with E-state index in [4.69, 9.17) is 0 Å². The van der Waals surface area contributed by atoms with Crippen LogP contribution in [0.1, 0.15) is 43.7 Å². The highest BCUT2D eigenvalue weighted by Gasteiger charge is 2.57. The molecule has 1 amide bonds. The Morgan fingerprint density at radius 2 is 1.52 bits per heavy atom. The van der Waals surface area contributed by atoms with Gasteiger partial charge in [0.25, 0.3) is 0 Å². The SMILES string of the molecule is CCCCC(CC(=O)N(C)C)(/C(=C/c1ccccc1)c1ccccc1)C(F)(F)F. The van der Waals surface area contributed by atoms with E-state index in [-0.39, 0.29) is 12.0 Å². The number of amides is 1. The van der Waals surface area contributed by atoms with Gasteiger partial charge >= 0.3 is 6.18 Å². The van der Waals surface area contributed by atoms with Gasteiger partial charge in [-0.2, -0.15) is 13.2 Å². The molecule has 5 heteroatoms. The van der Waals surface area contributed by atoms with Crippen molar-refractivity contribution >= 4 is 17.6 Å². The van der Waals surface area contributed by atoms with Crippen molar-refractivity contribution in [2.75, 3.05) is 14.1 Å². The summed E-state index contributed by atoms with van der Waals surface area (Å²) in [5, 5.41) is 0. The molecule has 0 fully saturated rings. The summed E-state index contributed by atoms with van der Waals surface area (Å²) in [6.07, 6.45) is -2.76. The van der Waals surface area contributed by atoms with Gasteiger partial charge in [0.15, 0.2) is 0 Å². The maximum atomic E-state index is 14.7. The number of hydrogen-bond acceptors (Lipinski definition) is 1. The molecule has 0 bridgehead atoms. The Kier molecular flexibility index (Phi) is 7.66. The predicted molar refractivity (Wildman–Crippen MR) is 112 cm³/mol. The van der Waals surface area contributed by atoms with Crippen molar-refractivity contribution in [1.82, 2.24) is 4.90 Å². The zero-order valence-corrected chi connectivity index (χ0v) is 17.2. The van der Waals surface area contributed by atoms with Gasteiger partial charge in [0.2, 0.25) is 5.91 Å². The van der Waals surface area contributed by atoms with Crippen LogP contribution in [0.4, 0.5) is 13.2 Å². The lowest BCUT2D eigenvalue weighted by atomic mass is 9.69. The van der Waals surface area contributed by atoms with Crippen LogP contribution in [-0.4, -0.2) is 31.1 Å². The highest BCUT2D eigenvalue weighted by atomic mass is 19.4. The first-order chi connectivity index (χ1) is 13.7. The lowest BCUT2D eigenvalue weighted by Gasteiger charge is -2.39. The van der Waals surface area contributed by atoms with E-state index in [1.54, 1.807) is 60.7 Å². The number of halogens is 3. The minimum atomic E-state index is -4.58. The smallest absolute Gasteiger partial charge is 0.349 e. The maximum absolute atomic E-state index is 14.7. The summed E-state index contributed by atoms with van der Waals surface area (Å²) in [5.41, 5.74) is -0.966. The van der Waals surface area contributed by atoms with Gasteiger partial charge in [0.05, 0.1) is 0 Å². The second-order valence-electron chi connectivity index (χ2n) is 7.48. The predicted octanol–water partition coefficient (Wildman–Crippen LogP) is 6.44. The van der Waals surface area contributed by atoms with E-state index in [9.17, 15) is 18.0 Å². The van der Waals surface area contributed by atoms with Crippen molar-refractivity contribution in [2.24, 2.45) is 5.41 Å². The molecule has 2 nitrogen and oxygen atoms in total. The quantitative estimate of drug-likeness (QED) is 0.464. The number of rotatable bonds is 8. The van der Waals surface area contributed by atoms with Gasteiger partial charge in [-0.05, 0) is 23.1 Å². The van der Waals surface area contributed by atoms with Crippen LogP contribution in [0.3, 0.4) is 0 Å². The van der Waals surface area contributed by atoms with Gasteiger partial charge in [0.1, 0.15) is 5.41 Å². The number of allylic oxidation sites excluding steroid dienone is 1. The lowest BCUT2D eigenvalue weighted by Crippen LogP contribution is -2.43. The largest absolute Gasteiger partial charge is 0.398 e. The zero-order chi connectivity index (χ0) is 21.5. The van der Waals surface area contributed by atoms with Crippen molar-refractivity contribution in [3.8, 4) is 0 Å². The number of carbonyl (C=O) groups is 1. The molecule has 0 aliphatic rings. The Labute approximate surface area is 171 Å². The molecule has 2 aromatic carbocycles. The fourth-order valence-corrected chi connectivity index (χ4v) is 3.44. The highest BCUT2D eigenvalue weighted by Crippen LogP contribution is 2.54. The molecule has 1 unspecified atom stereocenters. The van der Waals surface area contributed by atoms with Gasteiger partial charge in [-0.1, -0.05) is 86.5 Å². The minimum absolute atomic E-state index is 0.139. The molecule has 2 aromatic rings. The first-order valence-electron chi connectivity index (χ1n) is 9.81. The first-order valence-corrected chi connectivity index (χ1v) is 9.81. The average molecular weight is 403 g/mol. The molecule has 0 saturated heterocycles. The van der Waals surface area contributed by atoms with Crippen LogP contribution in [0.15, 0.2) is 60.7 Å². The van der Waals surface area contributed by atoms with Crippen molar-refractivity contribution in [2.45, 2.75) is 38.8 Å². The van der Waals surface area contributed by atoms with Gasteiger partial charge in [-0.15, -0.1) is 0 Å². The molecule has 29 heavy (non-hydrogen) atoms. The van der Waals surface area contributed by atoms with Gasteiger partial charge in [-0.3, -0.25) is 4.79 Å². The summed E-state index contributed by atoms with van der Waals surface area (Å²) < 4.78 is 44.2. The third-order valence-corrected chi connectivity index (χ3v) is 5.16. The van der Waals surface area contributed by atoms with Crippen molar-refractivity contribution in [3.05, 3.63) is 71.8 Å². The summed E-state index contributed by atoms with van der Waals surface area (Å²) in [5.74, 6) is -0.534. The summed E-state index contributed by atoms with van der Waals surface area (Å²) in [6, 6.07) is 17.5. The Bertz CT molecular complexity index is 813. The van der Waals surface area contributed by atoms with Crippen LogP contribution in [0.2, 0.25) is 0 Å². The standard InChI is InChI=1S/C24H28F3NO/c1-4-5-16-23(24(25,26)27,18-22(29)28(2)3)21(20-14-10-7-11-15-20)17-19-12-8-6-9-13-19/h6-15,17H,4-5,16,18H2,1-3H3/b21-17+. The number of hydrogen-bond donors (Lipinski definition) is 0. The van der Waals surface area contributed by atoms with E-state index in [2.05, 4.69) is 0 Å². The maximum Gasteiger partial charge on any atom is 0.398 e. The zero-order valence-electron chi connectivity index (χ0n) is 17.2. The van der Waals surface area contributed by atoms with E-state index in [0.29, 0.717) is 24.0 Å². The Hall–Kier alpha value is -2.56. The van der Waals surface area contributed by atoms with E-state index < -0.39 is 23.9 Å². The van der Waals surface area contributed by atoms with Crippen LogP contribution < -0.4 is 0 Å².